The van der Waals surface area contributed by atoms with Crippen LogP contribution in [0.2, 0.25) is 10.0 Å². The summed E-state index contributed by atoms with van der Waals surface area (Å²) in [7, 11) is 0. The fourth-order valence-electron chi connectivity index (χ4n) is 1.37. The van der Waals surface area contributed by atoms with Crippen molar-refractivity contribution >= 4 is 50.7 Å². The number of anilines is 1. The molecule has 1 aromatic carbocycles. The number of amidine groups is 1. The maximum absolute atomic E-state index is 12.7. The molecule has 10 heteroatoms. The van der Waals surface area contributed by atoms with Gasteiger partial charge in [0.25, 0.3) is 0 Å². The molecule has 0 radical (unpaired) electrons. The number of halogens is 6. The lowest BCUT2D eigenvalue weighted by atomic mass is 10.1. The van der Waals surface area contributed by atoms with Gasteiger partial charge < -0.3 is 16.3 Å². The van der Waals surface area contributed by atoms with Crippen LogP contribution in [0.25, 0.3) is 0 Å². The Morgan fingerprint density at radius 2 is 1.90 bits per heavy atom. The Morgan fingerprint density at radius 3 is 2.30 bits per heavy atom. The zero-order chi connectivity index (χ0) is 15.5. The van der Waals surface area contributed by atoms with E-state index in [1.807, 2.05) is 0 Å². The molecule has 0 saturated heterocycles. The second kappa shape index (κ2) is 6.73. The van der Waals surface area contributed by atoms with E-state index in [0.717, 1.165) is 0 Å². The van der Waals surface area contributed by atoms with Crippen LogP contribution in [0.5, 0.6) is 0 Å². The lowest BCUT2D eigenvalue weighted by molar-refractivity contribution is -0.152. The normalized spacial score (nSPS) is 14.2. The number of oxime groups is 1. The minimum atomic E-state index is -4.67. The molecule has 0 aliphatic carbocycles. The Hall–Kier alpha value is -0.860. The van der Waals surface area contributed by atoms with Crippen LogP contribution in [-0.4, -0.2) is 23.8 Å². The van der Waals surface area contributed by atoms with Crippen molar-refractivity contribution < 1.29 is 18.4 Å². The summed E-state index contributed by atoms with van der Waals surface area (Å²) >= 11 is 14.9. The highest BCUT2D eigenvalue weighted by Crippen LogP contribution is 2.35. The van der Waals surface area contributed by atoms with Crippen LogP contribution in [0.3, 0.4) is 0 Å². The van der Waals surface area contributed by atoms with Gasteiger partial charge in [0.2, 0.25) is 0 Å². The summed E-state index contributed by atoms with van der Waals surface area (Å²) in [4.78, 5) is 0. The van der Waals surface area contributed by atoms with Crippen molar-refractivity contribution in [2.45, 2.75) is 6.18 Å². The number of nitrogens with one attached hydrogen (secondary N) is 1. The van der Waals surface area contributed by atoms with Gasteiger partial charge in [-0.2, -0.15) is 13.2 Å². The lowest BCUT2D eigenvalue weighted by Crippen LogP contribution is -2.40. The highest BCUT2D eigenvalue weighted by atomic mass is 79.9. The van der Waals surface area contributed by atoms with Crippen LogP contribution in [0.4, 0.5) is 18.9 Å². The Labute approximate surface area is 130 Å². The molecule has 1 rings (SSSR count). The number of nitrogens with two attached hydrogens (primary N) is 1. The predicted molar refractivity (Wildman–Crippen MR) is 75.6 cm³/mol. The molecule has 0 fully saturated rings. The van der Waals surface area contributed by atoms with E-state index >= 15 is 0 Å². The Balaban J connectivity index is 2.95. The van der Waals surface area contributed by atoms with Crippen molar-refractivity contribution in [3.05, 3.63) is 26.7 Å². The largest absolute Gasteiger partial charge is 0.409 e. The second-order valence-electron chi connectivity index (χ2n) is 3.74. The zero-order valence-electron chi connectivity index (χ0n) is 9.68. The van der Waals surface area contributed by atoms with Gasteiger partial charge in [0.05, 0.1) is 15.7 Å². The average Bonchev–Trinajstić information content (AvgIpc) is 2.30. The van der Waals surface area contributed by atoms with E-state index in [1.165, 1.54) is 12.1 Å². The van der Waals surface area contributed by atoms with Crippen LogP contribution in [0, 0.1) is 5.92 Å². The number of rotatable bonds is 4. The van der Waals surface area contributed by atoms with Crippen LogP contribution in [0.1, 0.15) is 0 Å². The van der Waals surface area contributed by atoms with Crippen molar-refractivity contribution in [3.8, 4) is 0 Å². The van der Waals surface area contributed by atoms with E-state index in [1.54, 1.807) is 0 Å². The molecule has 4 nitrogen and oxygen atoms in total. The molecule has 0 aromatic heterocycles. The van der Waals surface area contributed by atoms with Gasteiger partial charge in [-0.05, 0) is 12.1 Å². The Bertz CT molecular complexity index is 502. The molecule has 0 amide bonds. The molecule has 20 heavy (non-hydrogen) atoms. The third-order valence-corrected chi connectivity index (χ3v) is 3.41. The standard InChI is InChI=1S/C10H9BrCl2F3N3O/c11-4-1-6(12)8(7(13)2-4)18-3-5(9(17)19-20)10(14,15)16/h1-2,5,18,20H,3H2,(H2,17,19). The summed E-state index contributed by atoms with van der Waals surface area (Å²) < 4.78 is 38.8. The summed E-state index contributed by atoms with van der Waals surface area (Å²) in [6, 6.07) is 2.95. The molecule has 0 saturated carbocycles. The summed E-state index contributed by atoms with van der Waals surface area (Å²) in [5.41, 5.74) is 5.17. The molecule has 4 N–H and O–H groups in total. The summed E-state index contributed by atoms with van der Waals surface area (Å²) in [5, 5.41) is 13.5. The van der Waals surface area contributed by atoms with Crippen LogP contribution < -0.4 is 11.1 Å². The maximum atomic E-state index is 12.7. The number of nitrogens with zero attached hydrogens (tertiary/aromatic N) is 1. The van der Waals surface area contributed by atoms with E-state index in [-0.39, 0.29) is 15.7 Å². The minimum Gasteiger partial charge on any atom is -0.409 e. The molecular weight excluding hydrogens is 386 g/mol. The quantitative estimate of drug-likeness (QED) is 0.311. The maximum Gasteiger partial charge on any atom is 0.400 e. The van der Waals surface area contributed by atoms with E-state index < -0.39 is 24.5 Å². The minimum absolute atomic E-state index is 0.136. The van der Waals surface area contributed by atoms with E-state index in [2.05, 4.69) is 26.4 Å². The first-order valence-corrected chi connectivity index (χ1v) is 6.64. The smallest absolute Gasteiger partial charge is 0.400 e. The van der Waals surface area contributed by atoms with Crippen LogP contribution in [0.15, 0.2) is 21.8 Å². The molecular formula is C10H9BrCl2F3N3O. The van der Waals surface area contributed by atoms with Gasteiger partial charge >= 0.3 is 6.18 Å². The number of hydrogen-bond donors (Lipinski definition) is 3. The van der Waals surface area contributed by atoms with E-state index in [0.29, 0.717) is 4.47 Å². The number of alkyl halides is 3. The predicted octanol–water partition coefficient (Wildman–Crippen LogP) is 4.09. The van der Waals surface area contributed by atoms with Crippen molar-refractivity contribution in [1.29, 1.82) is 0 Å². The molecule has 112 valence electrons. The molecule has 0 heterocycles. The average molecular weight is 395 g/mol. The molecule has 1 aromatic rings. The molecule has 0 aliphatic heterocycles. The Kier molecular flexibility index (Phi) is 5.79. The van der Waals surface area contributed by atoms with Crippen LogP contribution >= 0.6 is 39.1 Å². The lowest BCUT2D eigenvalue weighted by Gasteiger charge is -2.20. The summed E-state index contributed by atoms with van der Waals surface area (Å²) in [6.45, 7) is -0.666. The van der Waals surface area contributed by atoms with Gasteiger partial charge in [-0.25, -0.2) is 0 Å². The summed E-state index contributed by atoms with van der Waals surface area (Å²) in [5.74, 6) is -3.11. The molecule has 0 aliphatic rings. The van der Waals surface area contributed by atoms with Gasteiger partial charge in [0.15, 0.2) is 5.84 Å². The fourth-order valence-corrected chi connectivity index (χ4v) is 2.71. The fraction of sp³-hybridized carbons (Fsp3) is 0.300. The van der Waals surface area contributed by atoms with Crippen molar-refractivity contribution in [2.75, 3.05) is 11.9 Å². The zero-order valence-corrected chi connectivity index (χ0v) is 12.8. The highest BCUT2D eigenvalue weighted by Gasteiger charge is 2.42. The van der Waals surface area contributed by atoms with Gasteiger partial charge in [-0.15, -0.1) is 0 Å². The first-order chi connectivity index (χ1) is 9.16. The van der Waals surface area contributed by atoms with Crippen molar-refractivity contribution in [3.63, 3.8) is 0 Å². The van der Waals surface area contributed by atoms with Crippen molar-refractivity contribution in [1.82, 2.24) is 0 Å². The first-order valence-electron chi connectivity index (χ1n) is 5.09. The second-order valence-corrected chi connectivity index (χ2v) is 5.47. The molecule has 1 atom stereocenters. The third-order valence-electron chi connectivity index (χ3n) is 2.36. The monoisotopic (exact) mass is 393 g/mol. The van der Waals surface area contributed by atoms with Crippen molar-refractivity contribution in [2.24, 2.45) is 16.8 Å². The highest BCUT2D eigenvalue weighted by molar-refractivity contribution is 9.10. The third kappa shape index (κ3) is 4.32. The first kappa shape index (κ1) is 17.2. The van der Waals surface area contributed by atoms with E-state index in [9.17, 15) is 13.2 Å². The number of hydrogen-bond acceptors (Lipinski definition) is 3. The molecule has 0 bridgehead atoms. The van der Waals surface area contributed by atoms with Gasteiger partial charge in [-0.1, -0.05) is 44.3 Å². The molecule has 0 spiro atoms. The topological polar surface area (TPSA) is 70.6 Å². The van der Waals surface area contributed by atoms with Gasteiger partial charge in [-0.3, -0.25) is 0 Å². The van der Waals surface area contributed by atoms with Crippen LogP contribution in [-0.2, 0) is 0 Å². The van der Waals surface area contributed by atoms with Gasteiger partial charge in [0, 0.05) is 11.0 Å². The Morgan fingerprint density at radius 1 is 1.40 bits per heavy atom. The van der Waals surface area contributed by atoms with E-state index in [4.69, 9.17) is 34.1 Å². The summed E-state index contributed by atoms with van der Waals surface area (Å²) in [6.07, 6.45) is -4.67. The SMILES string of the molecule is NC(=NO)C(CNc1c(Cl)cc(Br)cc1Cl)C(F)(F)F. The van der Waals surface area contributed by atoms with Gasteiger partial charge in [0.1, 0.15) is 5.92 Å². The molecule has 1 unspecified atom stereocenters. The number of benzene rings is 1.